The van der Waals surface area contributed by atoms with Crippen LogP contribution >= 0.6 is 0 Å². The van der Waals surface area contributed by atoms with Crippen LogP contribution in [-0.4, -0.2) is 45.6 Å². The van der Waals surface area contributed by atoms with E-state index in [0.29, 0.717) is 25.8 Å². The third-order valence-electron chi connectivity index (χ3n) is 5.66. The molecule has 1 amide bonds. The summed E-state index contributed by atoms with van der Waals surface area (Å²) >= 11 is 0. The molecular formula is C25H33NO4. The van der Waals surface area contributed by atoms with Crippen LogP contribution in [-0.2, 0) is 4.74 Å². The fraction of sp³-hybridized carbons (Fsp3) is 0.480. The second-order valence-corrected chi connectivity index (χ2v) is 9.19. The zero-order valence-electron chi connectivity index (χ0n) is 18.1. The summed E-state index contributed by atoms with van der Waals surface area (Å²) in [7, 11) is 0. The molecule has 2 aromatic rings. The van der Waals surface area contributed by atoms with E-state index in [-0.39, 0.29) is 12.5 Å². The van der Waals surface area contributed by atoms with Crippen molar-refractivity contribution in [1.29, 1.82) is 0 Å². The Labute approximate surface area is 179 Å². The van der Waals surface area contributed by atoms with Crippen LogP contribution in [0.25, 0.3) is 0 Å². The summed E-state index contributed by atoms with van der Waals surface area (Å²) in [5.41, 5.74) is 0.0515. The molecule has 3 unspecified atom stereocenters. The first-order chi connectivity index (χ1) is 14.2. The van der Waals surface area contributed by atoms with Crippen LogP contribution in [0.15, 0.2) is 60.7 Å². The van der Waals surface area contributed by atoms with E-state index in [1.807, 2.05) is 81.4 Å². The molecule has 2 N–H and O–H groups in total. The molecule has 1 fully saturated rings. The molecule has 0 aromatic heterocycles. The molecule has 5 nitrogen and oxygen atoms in total. The van der Waals surface area contributed by atoms with Crippen LogP contribution < -0.4 is 0 Å². The van der Waals surface area contributed by atoms with Gasteiger partial charge in [0.1, 0.15) is 5.60 Å². The predicted octanol–water partition coefficient (Wildman–Crippen LogP) is 4.66. The van der Waals surface area contributed by atoms with Crippen molar-refractivity contribution in [2.75, 3.05) is 13.2 Å². The van der Waals surface area contributed by atoms with E-state index in [1.54, 1.807) is 4.90 Å². The molecule has 2 aromatic carbocycles. The second-order valence-electron chi connectivity index (χ2n) is 9.19. The largest absolute Gasteiger partial charge is 0.444 e. The summed E-state index contributed by atoms with van der Waals surface area (Å²) in [4.78, 5) is 14.7. The Morgan fingerprint density at radius 3 is 2.30 bits per heavy atom. The molecule has 1 aliphatic rings. The number of likely N-dealkylation sites (tertiary alicyclic amines) is 1. The van der Waals surface area contributed by atoms with Crippen molar-refractivity contribution in [3.63, 3.8) is 0 Å². The molecule has 162 valence electrons. The summed E-state index contributed by atoms with van der Waals surface area (Å²) in [6, 6.07) is 18.8. The standard InChI is InChI=1S/C25H33NO4/c1-24(2,3)30-23(28)26-16-10-15-25(29,22(26)20-13-8-5-9-14-20)17-21(18-27)19-11-6-4-7-12-19/h4-9,11-14,21-22,27,29H,10,15-18H2,1-3H3. The molecule has 3 atom stereocenters. The van der Waals surface area contributed by atoms with Crippen molar-refractivity contribution in [1.82, 2.24) is 4.90 Å². The highest BCUT2D eigenvalue weighted by Gasteiger charge is 2.48. The Bertz CT molecular complexity index is 818. The Kier molecular flexibility index (Phi) is 6.84. The normalized spacial score (nSPS) is 23.1. The zero-order valence-corrected chi connectivity index (χ0v) is 18.1. The van der Waals surface area contributed by atoms with E-state index in [2.05, 4.69) is 0 Å². The third kappa shape index (κ3) is 5.21. The first-order valence-electron chi connectivity index (χ1n) is 10.7. The molecule has 1 heterocycles. The van der Waals surface area contributed by atoms with Crippen molar-refractivity contribution in [3.05, 3.63) is 71.8 Å². The number of hydrogen-bond donors (Lipinski definition) is 2. The monoisotopic (exact) mass is 411 g/mol. The quantitative estimate of drug-likeness (QED) is 0.751. The molecule has 0 spiro atoms. The molecule has 3 rings (SSSR count). The first kappa shape index (κ1) is 22.3. The molecule has 0 saturated carbocycles. The van der Waals surface area contributed by atoms with E-state index < -0.39 is 23.3 Å². The summed E-state index contributed by atoms with van der Waals surface area (Å²) in [6.45, 7) is 5.98. The molecule has 1 aliphatic heterocycles. The molecule has 0 aliphatic carbocycles. The van der Waals surface area contributed by atoms with Crippen molar-refractivity contribution < 1.29 is 19.7 Å². The summed E-state index contributed by atoms with van der Waals surface area (Å²) in [5, 5.41) is 22.0. The van der Waals surface area contributed by atoms with E-state index in [9.17, 15) is 15.0 Å². The minimum atomic E-state index is -1.18. The Morgan fingerprint density at radius 1 is 1.13 bits per heavy atom. The number of benzene rings is 2. The number of rotatable bonds is 5. The van der Waals surface area contributed by atoms with Crippen LogP contribution in [0, 0.1) is 0 Å². The van der Waals surface area contributed by atoms with Crippen LogP contribution in [0.5, 0.6) is 0 Å². The third-order valence-corrected chi connectivity index (χ3v) is 5.66. The minimum Gasteiger partial charge on any atom is -0.444 e. The van der Waals surface area contributed by atoms with Gasteiger partial charge in [-0.05, 0) is 51.2 Å². The van der Waals surface area contributed by atoms with Gasteiger partial charge in [-0.25, -0.2) is 4.79 Å². The number of nitrogens with zero attached hydrogens (tertiary/aromatic N) is 1. The molecular weight excluding hydrogens is 378 g/mol. The van der Waals surface area contributed by atoms with Crippen molar-refractivity contribution >= 4 is 6.09 Å². The van der Waals surface area contributed by atoms with Crippen LogP contribution in [0.1, 0.15) is 63.1 Å². The molecule has 5 heteroatoms. The zero-order chi connectivity index (χ0) is 21.8. The van der Waals surface area contributed by atoms with Gasteiger partial charge in [-0.15, -0.1) is 0 Å². The second kappa shape index (κ2) is 9.19. The van der Waals surface area contributed by atoms with Crippen LogP contribution in [0.4, 0.5) is 4.79 Å². The minimum absolute atomic E-state index is 0.0692. The SMILES string of the molecule is CC(C)(C)OC(=O)N1CCCC(O)(CC(CO)c2ccccc2)C1c1ccccc1. The van der Waals surface area contributed by atoms with E-state index in [4.69, 9.17) is 4.74 Å². The van der Waals surface area contributed by atoms with Gasteiger partial charge >= 0.3 is 6.09 Å². The fourth-order valence-electron chi connectivity index (χ4n) is 4.41. The van der Waals surface area contributed by atoms with E-state index in [1.165, 1.54) is 0 Å². The maximum absolute atomic E-state index is 13.1. The highest BCUT2D eigenvalue weighted by Crippen LogP contribution is 2.45. The van der Waals surface area contributed by atoms with Crippen molar-refractivity contribution in [2.45, 2.75) is 63.2 Å². The number of amides is 1. The van der Waals surface area contributed by atoms with Gasteiger partial charge in [0.25, 0.3) is 0 Å². The lowest BCUT2D eigenvalue weighted by Crippen LogP contribution is -2.54. The van der Waals surface area contributed by atoms with Crippen molar-refractivity contribution in [3.8, 4) is 0 Å². The maximum Gasteiger partial charge on any atom is 0.410 e. The summed E-state index contributed by atoms with van der Waals surface area (Å²) < 4.78 is 5.66. The number of aliphatic hydroxyl groups is 2. The highest BCUT2D eigenvalue weighted by molar-refractivity contribution is 5.69. The molecule has 30 heavy (non-hydrogen) atoms. The smallest absolute Gasteiger partial charge is 0.410 e. The number of carbonyl (C=O) groups is 1. The maximum atomic E-state index is 13.1. The molecule has 0 bridgehead atoms. The Balaban J connectivity index is 1.97. The lowest BCUT2D eigenvalue weighted by Gasteiger charge is -2.48. The fourth-order valence-corrected chi connectivity index (χ4v) is 4.41. The lowest BCUT2D eigenvalue weighted by atomic mass is 9.74. The average molecular weight is 412 g/mol. The molecule has 0 radical (unpaired) electrons. The van der Waals surface area contributed by atoms with Gasteiger partial charge < -0.3 is 14.9 Å². The van der Waals surface area contributed by atoms with Gasteiger partial charge in [-0.3, -0.25) is 4.90 Å². The van der Waals surface area contributed by atoms with Crippen LogP contribution in [0.2, 0.25) is 0 Å². The van der Waals surface area contributed by atoms with Crippen LogP contribution in [0.3, 0.4) is 0 Å². The van der Waals surface area contributed by atoms with Gasteiger partial charge in [0.05, 0.1) is 18.2 Å². The number of aliphatic hydroxyl groups excluding tert-OH is 1. The van der Waals surface area contributed by atoms with Crippen molar-refractivity contribution in [2.24, 2.45) is 0 Å². The molecule has 1 saturated heterocycles. The topological polar surface area (TPSA) is 70.0 Å². The van der Waals surface area contributed by atoms with Gasteiger partial charge in [-0.2, -0.15) is 0 Å². The first-order valence-corrected chi connectivity index (χ1v) is 10.7. The van der Waals surface area contributed by atoms with E-state index in [0.717, 1.165) is 11.1 Å². The summed E-state index contributed by atoms with van der Waals surface area (Å²) in [5.74, 6) is -0.221. The average Bonchev–Trinajstić information content (AvgIpc) is 2.72. The Morgan fingerprint density at radius 2 is 1.73 bits per heavy atom. The lowest BCUT2D eigenvalue weighted by molar-refractivity contribution is -0.0954. The van der Waals surface area contributed by atoms with Gasteiger partial charge in [0, 0.05) is 12.5 Å². The number of ether oxygens (including phenoxy) is 1. The predicted molar refractivity (Wildman–Crippen MR) is 117 cm³/mol. The summed E-state index contributed by atoms with van der Waals surface area (Å²) in [6.07, 6.45) is 1.16. The number of carbonyl (C=O) groups excluding carboxylic acids is 1. The van der Waals surface area contributed by atoms with Gasteiger partial charge in [0.15, 0.2) is 0 Å². The highest BCUT2D eigenvalue weighted by atomic mass is 16.6. The number of piperidine rings is 1. The van der Waals surface area contributed by atoms with Gasteiger partial charge in [-0.1, -0.05) is 60.7 Å². The number of hydrogen-bond acceptors (Lipinski definition) is 4. The Hall–Kier alpha value is -2.37. The van der Waals surface area contributed by atoms with Gasteiger partial charge in [0.2, 0.25) is 0 Å². The van der Waals surface area contributed by atoms with E-state index >= 15 is 0 Å².